The largest absolute Gasteiger partial charge is 0.299 e. The summed E-state index contributed by atoms with van der Waals surface area (Å²) in [5, 5.41) is 0.102. The van der Waals surface area contributed by atoms with Crippen LogP contribution in [0.2, 0.25) is 0 Å². The molecule has 2 aromatic rings. The summed E-state index contributed by atoms with van der Waals surface area (Å²) in [6.45, 7) is 10.2. The van der Waals surface area contributed by atoms with Gasteiger partial charge in [-0.15, -0.1) is 0 Å². The minimum Gasteiger partial charge on any atom is -0.299 e. The van der Waals surface area contributed by atoms with E-state index in [2.05, 4.69) is 24.3 Å². The molecule has 1 aliphatic rings. The van der Waals surface area contributed by atoms with Gasteiger partial charge in [0.15, 0.2) is 5.12 Å². The summed E-state index contributed by atoms with van der Waals surface area (Å²) in [7, 11) is 0. The Morgan fingerprint density at radius 1 is 0.964 bits per heavy atom. The molecule has 0 spiro atoms. The highest BCUT2D eigenvalue weighted by molar-refractivity contribution is 8.14. The Bertz CT molecular complexity index is 838. The second-order valence-corrected chi connectivity index (χ2v) is 11.0. The molecule has 0 unspecified atom stereocenters. The molecule has 2 aromatic carbocycles. The maximum absolute atomic E-state index is 13.5. The molecule has 0 aliphatic heterocycles. The van der Waals surface area contributed by atoms with Crippen molar-refractivity contribution in [2.75, 3.05) is 0 Å². The molecule has 2 nitrogen and oxygen atoms in total. The second kappa shape index (κ2) is 7.87. The van der Waals surface area contributed by atoms with Gasteiger partial charge in [0.1, 0.15) is 5.78 Å². The number of rotatable bonds is 4. The summed E-state index contributed by atoms with van der Waals surface area (Å²) in [4.78, 5) is 26.4. The number of ketones is 1. The molecule has 0 saturated heterocycles. The van der Waals surface area contributed by atoms with E-state index in [0.717, 1.165) is 5.56 Å². The summed E-state index contributed by atoms with van der Waals surface area (Å²) in [6.07, 6.45) is 0.279. The molecule has 4 atom stereocenters. The van der Waals surface area contributed by atoms with Crippen LogP contribution in [-0.4, -0.2) is 15.6 Å². The number of carbonyl (C=O) groups is 2. The molecule has 3 heteroatoms. The Kier molecular flexibility index (Phi) is 5.86. The number of benzene rings is 2. The van der Waals surface area contributed by atoms with Crippen LogP contribution in [0.1, 0.15) is 64.0 Å². The van der Waals surface area contributed by atoms with E-state index in [4.69, 9.17) is 0 Å². The fraction of sp³-hybridized carbons (Fsp3) is 0.440. The lowest BCUT2D eigenvalue weighted by molar-refractivity contribution is -0.131. The lowest BCUT2D eigenvalue weighted by atomic mass is 9.69. The SMILES string of the molecule is C[C@H]1C(=O)[C@](C)(CC(=O)SC(C)(C)C)[C@@H](c2ccccc2)[C@@H]1c1ccccc1. The van der Waals surface area contributed by atoms with Gasteiger partial charge in [0.2, 0.25) is 0 Å². The van der Waals surface area contributed by atoms with Crippen LogP contribution in [0.25, 0.3) is 0 Å². The third-order valence-corrected chi connectivity index (χ3v) is 6.82. The van der Waals surface area contributed by atoms with Crippen LogP contribution < -0.4 is 0 Å². The van der Waals surface area contributed by atoms with Crippen LogP contribution in [0.5, 0.6) is 0 Å². The molecule has 1 saturated carbocycles. The summed E-state index contributed by atoms with van der Waals surface area (Å²) < 4.78 is -0.151. The van der Waals surface area contributed by atoms with Gasteiger partial charge >= 0.3 is 0 Å². The van der Waals surface area contributed by atoms with Gasteiger partial charge in [-0.25, -0.2) is 0 Å². The van der Waals surface area contributed by atoms with E-state index in [-0.39, 0.29) is 39.8 Å². The minimum absolute atomic E-state index is 0.0110. The van der Waals surface area contributed by atoms with Crippen molar-refractivity contribution in [3.8, 4) is 0 Å². The monoisotopic (exact) mass is 394 g/mol. The fourth-order valence-corrected chi connectivity index (χ4v) is 5.84. The van der Waals surface area contributed by atoms with E-state index in [1.807, 2.05) is 71.0 Å². The Morgan fingerprint density at radius 3 is 1.96 bits per heavy atom. The first-order valence-electron chi connectivity index (χ1n) is 9.99. The van der Waals surface area contributed by atoms with E-state index in [0.29, 0.717) is 0 Å². The highest BCUT2D eigenvalue weighted by Crippen LogP contribution is 2.59. The predicted molar refractivity (Wildman–Crippen MR) is 118 cm³/mol. The van der Waals surface area contributed by atoms with E-state index < -0.39 is 5.41 Å². The molecule has 0 bridgehead atoms. The van der Waals surface area contributed by atoms with Crippen molar-refractivity contribution in [3.63, 3.8) is 0 Å². The standard InChI is InChI=1S/C25H30O2S/c1-17-21(18-12-8-6-9-13-18)22(19-14-10-7-11-15-19)25(5,23(17)27)16-20(26)28-24(2,3)4/h6-15,17,21-22H,16H2,1-5H3/t17-,21+,22+,25-/m1/s1. The van der Waals surface area contributed by atoms with Crippen LogP contribution in [0, 0.1) is 11.3 Å². The van der Waals surface area contributed by atoms with Crippen molar-refractivity contribution in [2.45, 2.75) is 57.6 Å². The maximum atomic E-state index is 13.5. The van der Waals surface area contributed by atoms with Crippen LogP contribution in [0.15, 0.2) is 60.7 Å². The van der Waals surface area contributed by atoms with Gasteiger partial charge in [0, 0.05) is 34.3 Å². The lowest BCUT2D eigenvalue weighted by Crippen LogP contribution is -2.32. The lowest BCUT2D eigenvalue weighted by Gasteiger charge is -2.33. The topological polar surface area (TPSA) is 34.1 Å². The molecule has 1 fully saturated rings. The summed E-state index contributed by atoms with van der Waals surface area (Å²) in [6, 6.07) is 20.6. The van der Waals surface area contributed by atoms with Crippen LogP contribution >= 0.6 is 11.8 Å². The number of hydrogen-bond donors (Lipinski definition) is 0. The Labute approximate surface area is 173 Å². The zero-order valence-electron chi connectivity index (χ0n) is 17.4. The molecule has 1 aliphatic carbocycles. The highest BCUT2D eigenvalue weighted by Gasteiger charge is 2.57. The third kappa shape index (κ3) is 4.10. The van der Waals surface area contributed by atoms with Gasteiger partial charge in [-0.1, -0.05) is 107 Å². The zero-order chi connectivity index (χ0) is 20.5. The van der Waals surface area contributed by atoms with Crippen molar-refractivity contribution in [3.05, 3.63) is 71.8 Å². The zero-order valence-corrected chi connectivity index (χ0v) is 18.3. The van der Waals surface area contributed by atoms with Gasteiger partial charge in [0.25, 0.3) is 0 Å². The molecule has 0 heterocycles. The Morgan fingerprint density at radius 2 is 1.46 bits per heavy atom. The van der Waals surface area contributed by atoms with Crippen LogP contribution in [0.3, 0.4) is 0 Å². The second-order valence-electron chi connectivity index (χ2n) is 9.16. The number of carbonyl (C=O) groups excluding carboxylic acids is 2. The maximum Gasteiger partial charge on any atom is 0.190 e. The molecular formula is C25H30O2S. The average Bonchev–Trinajstić information content (AvgIpc) is 2.82. The van der Waals surface area contributed by atoms with Crippen molar-refractivity contribution < 1.29 is 9.59 Å². The fourth-order valence-electron chi connectivity index (χ4n) is 4.79. The number of thioether (sulfide) groups is 1. The number of hydrogen-bond acceptors (Lipinski definition) is 3. The Balaban J connectivity index is 2.06. The quantitative estimate of drug-likeness (QED) is 0.616. The van der Waals surface area contributed by atoms with Crippen molar-refractivity contribution >= 4 is 22.7 Å². The van der Waals surface area contributed by atoms with E-state index in [1.165, 1.54) is 17.3 Å². The predicted octanol–water partition coefficient (Wildman–Crippen LogP) is 6.23. The molecule has 0 radical (unpaired) electrons. The van der Waals surface area contributed by atoms with Crippen molar-refractivity contribution in [1.82, 2.24) is 0 Å². The highest BCUT2D eigenvalue weighted by atomic mass is 32.2. The molecule has 0 aromatic heterocycles. The third-order valence-electron chi connectivity index (χ3n) is 5.84. The Hall–Kier alpha value is -1.87. The van der Waals surface area contributed by atoms with Crippen molar-refractivity contribution in [1.29, 1.82) is 0 Å². The molecule has 28 heavy (non-hydrogen) atoms. The smallest absolute Gasteiger partial charge is 0.190 e. The van der Waals surface area contributed by atoms with Crippen LogP contribution in [-0.2, 0) is 9.59 Å². The van der Waals surface area contributed by atoms with E-state index in [1.54, 1.807) is 0 Å². The van der Waals surface area contributed by atoms with Gasteiger partial charge in [-0.05, 0) is 11.1 Å². The number of Topliss-reactive ketones (excluding diaryl/α,β-unsaturated/α-hetero) is 1. The molecule has 0 N–H and O–H groups in total. The molecule has 0 amide bonds. The first-order chi connectivity index (χ1) is 13.1. The first-order valence-corrected chi connectivity index (χ1v) is 10.8. The van der Waals surface area contributed by atoms with Gasteiger partial charge in [0.05, 0.1) is 0 Å². The van der Waals surface area contributed by atoms with E-state index >= 15 is 0 Å². The minimum atomic E-state index is -0.698. The molecular weight excluding hydrogens is 364 g/mol. The first kappa shape index (κ1) is 20.9. The summed E-state index contributed by atoms with van der Waals surface area (Å²) >= 11 is 1.35. The van der Waals surface area contributed by atoms with Crippen LogP contribution in [0.4, 0.5) is 0 Å². The van der Waals surface area contributed by atoms with E-state index in [9.17, 15) is 9.59 Å². The molecule has 3 rings (SSSR count). The van der Waals surface area contributed by atoms with Gasteiger partial charge in [-0.3, -0.25) is 9.59 Å². The summed E-state index contributed by atoms with van der Waals surface area (Å²) in [5.74, 6) is 0.153. The summed E-state index contributed by atoms with van der Waals surface area (Å²) in [5.41, 5.74) is 1.62. The average molecular weight is 395 g/mol. The van der Waals surface area contributed by atoms with Gasteiger partial charge < -0.3 is 0 Å². The normalized spacial score (nSPS) is 27.8. The van der Waals surface area contributed by atoms with Crippen molar-refractivity contribution in [2.24, 2.45) is 11.3 Å². The molecule has 148 valence electrons. The van der Waals surface area contributed by atoms with Gasteiger partial charge in [-0.2, -0.15) is 0 Å².